The van der Waals surface area contributed by atoms with Crippen LogP contribution in [-0.2, 0) is 24.2 Å². The first-order valence-electron chi connectivity index (χ1n) is 10.3. The summed E-state index contributed by atoms with van der Waals surface area (Å²) in [6.45, 7) is 12.6. The van der Waals surface area contributed by atoms with E-state index in [1.807, 2.05) is 46.4 Å². The fourth-order valence-corrected chi connectivity index (χ4v) is 6.44. The number of thiophene rings is 1. The highest BCUT2D eigenvalue weighted by Gasteiger charge is 2.28. The predicted octanol–water partition coefficient (Wildman–Crippen LogP) is 4.48. The number of thioether (sulfide) groups is 1. The van der Waals surface area contributed by atoms with Crippen molar-refractivity contribution in [1.29, 1.82) is 0 Å². The van der Waals surface area contributed by atoms with Gasteiger partial charge in [0.15, 0.2) is 5.16 Å². The second kappa shape index (κ2) is 8.57. The van der Waals surface area contributed by atoms with Crippen molar-refractivity contribution >= 4 is 39.2 Å². The van der Waals surface area contributed by atoms with Crippen LogP contribution < -0.4 is 5.56 Å². The summed E-state index contributed by atoms with van der Waals surface area (Å²) in [4.78, 5) is 35.2. The van der Waals surface area contributed by atoms with Crippen LogP contribution in [-0.4, -0.2) is 37.7 Å². The van der Waals surface area contributed by atoms with Crippen LogP contribution in [0.5, 0.6) is 0 Å². The number of aromatic nitrogens is 2. The SMILES string of the molecule is CCn1c(S[C@@H](C)C(=O)N(C(C)C)C(C)C)nc2sc3c(c2c1=O)CCCC3. The van der Waals surface area contributed by atoms with Gasteiger partial charge in [-0.1, -0.05) is 11.8 Å². The minimum atomic E-state index is -0.290. The highest BCUT2D eigenvalue weighted by molar-refractivity contribution is 8.00. The van der Waals surface area contributed by atoms with Gasteiger partial charge in [0.2, 0.25) is 5.91 Å². The Kier molecular flexibility index (Phi) is 6.54. The van der Waals surface area contributed by atoms with Gasteiger partial charge in [0, 0.05) is 23.5 Å². The highest BCUT2D eigenvalue weighted by Crippen LogP contribution is 2.35. The summed E-state index contributed by atoms with van der Waals surface area (Å²) in [6.07, 6.45) is 4.37. The molecule has 0 aliphatic heterocycles. The Morgan fingerprint density at radius 1 is 1.18 bits per heavy atom. The fraction of sp³-hybridized carbons (Fsp3) is 0.667. The lowest BCUT2D eigenvalue weighted by atomic mass is 9.97. The number of hydrogen-bond acceptors (Lipinski definition) is 5. The summed E-state index contributed by atoms with van der Waals surface area (Å²) in [5.41, 5.74) is 1.27. The Morgan fingerprint density at radius 2 is 1.82 bits per heavy atom. The number of hydrogen-bond donors (Lipinski definition) is 0. The Balaban J connectivity index is 1.99. The van der Waals surface area contributed by atoms with Crippen molar-refractivity contribution < 1.29 is 4.79 Å². The van der Waals surface area contributed by atoms with Crippen molar-refractivity contribution in [2.24, 2.45) is 0 Å². The summed E-state index contributed by atoms with van der Waals surface area (Å²) in [5, 5.41) is 1.18. The largest absolute Gasteiger partial charge is 0.337 e. The molecule has 0 radical (unpaired) electrons. The van der Waals surface area contributed by atoms with Crippen molar-refractivity contribution in [3.8, 4) is 0 Å². The minimum absolute atomic E-state index is 0.0543. The number of amides is 1. The van der Waals surface area contributed by atoms with Crippen LogP contribution in [0.15, 0.2) is 9.95 Å². The molecule has 0 bridgehead atoms. The number of carbonyl (C=O) groups excluding carboxylic acids is 1. The molecule has 5 nitrogen and oxygen atoms in total. The molecular formula is C21H31N3O2S2. The first-order valence-corrected chi connectivity index (χ1v) is 12.0. The maximum Gasteiger partial charge on any atom is 0.263 e. The summed E-state index contributed by atoms with van der Waals surface area (Å²) in [5.74, 6) is 0.0949. The maximum atomic E-state index is 13.2. The van der Waals surface area contributed by atoms with Gasteiger partial charge in [-0.05, 0) is 72.8 Å². The molecule has 0 spiro atoms. The van der Waals surface area contributed by atoms with Crippen molar-refractivity contribution in [1.82, 2.24) is 14.5 Å². The summed E-state index contributed by atoms with van der Waals surface area (Å²) in [6, 6.07) is 0.284. The third-order valence-electron chi connectivity index (χ3n) is 5.35. The van der Waals surface area contributed by atoms with E-state index in [1.165, 1.54) is 28.6 Å². The average molecular weight is 422 g/mol. The van der Waals surface area contributed by atoms with Crippen molar-refractivity contribution in [3.05, 3.63) is 20.8 Å². The van der Waals surface area contributed by atoms with Gasteiger partial charge in [0.25, 0.3) is 5.56 Å². The number of aryl methyl sites for hydroxylation is 2. The molecule has 28 heavy (non-hydrogen) atoms. The van der Waals surface area contributed by atoms with Gasteiger partial charge in [0.05, 0.1) is 10.6 Å². The second-order valence-corrected chi connectivity index (χ2v) is 10.4. The lowest BCUT2D eigenvalue weighted by molar-refractivity contribution is -0.133. The van der Waals surface area contributed by atoms with Gasteiger partial charge in [0.1, 0.15) is 4.83 Å². The molecule has 0 unspecified atom stereocenters. The fourth-order valence-electron chi connectivity index (χ4n) is 4.11. The standard InChI is InChI=1S/C21H31N3O2S2/c1-7-23-20(26)17-15-10-8-9-11-16(15)28-18(17)22-21(23)27-14(6)19(25)24(12(2)3)13(4)5/h12-14H,7-11H2,1-6H3/t14-/m0/s1. The number of fused-ring (bicyclic) bond motifs is 3. The monoisotopic (exact) mass is 421 g/mol. The normalized spacial score (nSPS) is 15.3. The number of rotatable bonds is 6. The van der Waals surface area contributed by atoms with Crippen molar-refractivity contribution in [3.63, 3.8) is 0 Å². The van der Waals surface area contributed by atoms with Gasteiger partial charge in [-0.25, -0.2) is 4.98 Å². The Bertz CT molecular complexity index is 922. The van der Waals surface area contributed by atoms with E-state index in [-0.39, 0.29) is 28.8 Å². The van der Waals surface area contributed by atoms with Crippen LogP contribution in [0.3, 0.4) is 0 Å². The van der Waals surface area contributed by atoms with E-state index in [2.05, 4.69) is 0 Å². The third-order valence-corrected chi connectivity index (χ3v) is 7.62. The quantitative estimate of drug-likeness (QED) is 0.510. The molecule has 0 saturated carbocycles. The van der Waals surface area contributed by atoms with Crippen molar-refractivity contribution in [2.45, 2.75) is 96.3 Å². The van der Waals surface area contributed by atoms with E-state index in [0.29, 0.717) is 11.7 Å². The first-order chi connectivity index (χ1) is 13.3. The molecule has 0 aromatic carbocycles. The predicted molar refractivity (Wildman–Crippen MR) is 119 cm³/mol. The van der Waals surface area contributed by atoms with E-state index in [1.54, 1.807) is 15.9 Å². The molecule has 1 aliphatic carbocycles. The van der Waals surface area contributed by atoms with E-state index in [9.17, 15) is 9.59 Å². The zero-order chi connectivity index (χ0) is 20.6. The van der Waals surface area contributed by atoms with E-state index in [0.717, 1.165) is 29.5 Å². The second-order valence-electron chi connectivity index (χ2n) is 8.03. The summed E-state index contributed by atoms with van der Waals surface area (Å²) < 4.78 is 1.74. The zero-order valence-electron chi connectivity index (χ0n) is 17.7. The first kappa shape index (κ1) is 21.4. The molecule has 1 amide bonds. The van der Waals surface area contributed by atoms with Crippen LogP contribution in [0.4, 0.5) is 0 Å². The van der Waals surface area contributed by atoms with Crippen LogP contribution in [0.1, 0.15) is 64.8 Å². The average Bonchev–Trinajstić information content (AvgIpc) is 2.99. The third kappa shape index (κ3) is 3.88. The molecule has 3 rings (SSSR count). The van der Waals surface area contributed by atoms with E-state index >= 15 is 0 Å². The molecule has 154 valence electrons. The molecule has 0 fully saturated rings. The Labute approximate surface area is 175 Å². The molecule has 2 aromatic rings. The zero-order valence-corrected chi connectivity index (χ0v) is 19.4. The highest BCUT2D eigenvalue weighted by atomic mass is 32.2. The maximum absolute atomic E-state index is 13.2. The van der Waals surface area contributed by atoms with E-state index < -0.39 is 0 Å². The molecule has 2 aromatic heterocycles. The van der Waals surface area contributed by atoms with Gasteiger partial charge >= 0.3 is 0 Å². The molecular weight excluding hydrogens is 390 g/mol. The lowest BCUT2D eigenvalue weighted by Crippen LogP contribution is -2.45. The summed E-state index contributed by atoms with van der Waals surface area (Å²) in [7, 11) is 0. The number of carbonyl (C=O) groups is 1. The molecule has 0 N–H and O–H groups in total. The molecule has 2 heterocycles. The van der Waals surface area contributed by atoms with Crippen LogP contribution >= 0.6 is 23.1 Å². The van der Waals surface area contributed by atoms with Gasteiger partial charge in [-0.15, -0.1) is 11.3 Å². The van der Waals surface area contributed by atoms with Crippen LogP contribution in [0.25, 0.3) is 10.2 Å². The minimum Gasteiger partial charge on any atom is -0.337 e. The topological polar surface area (TPSA) is 55.2 Å². The van der Waals surface area contributed by atoms with Crippen molar-refractivity contribution in [2.75, 3.05) is 0 Å². The van der Waals surface area contributed by atoms with E-state index in [4.69, 9.17) is 4.98 Å². The van der Waals surface area contributed by atoms with Gasteiger partial charge in [-0.3, -0.25) is 14.2 Å². The van der Waals surface area contributed by atoms with Crippen LogP contribution in [0.2, 0.25) is 0 Å². The molecule has 1 aliphatic rings. The lowest BCUT2D eigenvalue weighted by Gasteiger charge is -2.32. The molecule has 7 heteroatoms. The van der Waals surface area contributed by atoms with Gasteiger partial charge < -0.3 is 4.90 Å². The van der Waals surface area contributed by atoms with Crippen LogP contribution in [0, 0.1) is 0 Å². The molecule has 0 saturated heterocycles. The number of nitrogens with zero attached hydrogens (tertiary/aromatic N) is 3. The Morgan fingerprint density at radius 3 is 2.43 bits per heavy atom. The van der Waals surface area contributed by atoms with Gasteiger partial charge in [-0.2, -0.15) is 0 Å². The Hall–Kier alpha value is -1.34. The summed E-state index contributed by atoms with van der Waals surface area (Å²) >= 11 is 3.07. The smallest absolute Gasteiger partial charge is 0.263 e. The molecule has 1 atom stereocenters.